The van der Waals surface area contributed by atoms with Crippen LogP contribution >= 0.6 is 0 Å². The number of nitrogens with zero attached hydrogens (tertiary/aromatic N) is 4. The normalized spacial score (nSPS) is 19.6. The molecule has 0 spiro atoms. The largest absolute Gasteiger partial charge is 0.481 e. The van der Waals surface area contributed by atoms with Gasteiger partial charge in [-0.1, -0.05) is 0 Å². The summed E-state index contributed by atoms with van der Waals surface area (Å²) < 4.78 is 5.14. The highest BCUT2D eigenvalue weighted by Crippen LogP contribution is 2.26. The zero-order valence-corrected chi connectivity index (χ0v) is 11.3. The van der Waals surface area contributed by atoms with E-state index in [0.29, 0.717) is 11.9 Å². The highest BCUT2D eigenvalue weighted by Gasteiger charge is 2.26. The molecule has 1 atom stereocenters. The van der Waals surface area contributed by atoms with Gasteiger partial charge in [-0.2, -0.15) is 9.97 Å². The van der Waals surface area contributed by atoms with Gasteiger partial charge < -0.3 is 20.3 Å². The smallest absolute Gasteiger partial charge is 0.225 e. The number of likely N-dealkylation sites (N-methyl/N-ethyl adjacent to an activating group) is 1. The van der Waals surface area contributed by atoms with E-state index in [0.717, 1.165) is 18.9 Å². The molecule has 2 N–H and O–H groups in total. The first-order valence-electron chi connectivity index (χ1n) is 6.20. The number of nitrogens with two attached hydrogens (primary N) is 1. The molecule has 0 amide bonds. The molecule has 1 aliphatic rings. The second-order valence-electron chi connectivity index (χ2n) is 4.88. The van der Waals surface area contributed by atoms with Crippen LogP contribution in [0.5, 0.6) is 5.88 Å². The van der Waals surface area contributed by atoms with Crippen molar-refractivity contribution in [2.75, 3.05) is 44.9 Å². The molecule has 18 heavy (non-hydrogen) atoms. The van der Waals surface area contributed by atoms with Crippen LogP contribution in [-0.4, -0.2) is 55.2 Å². The van der Waals surface area contributed by atoms with Crippen molar-refractivity contribution in [1.29, 1.82) is 0 Å². The maximum absolute atomic E-state index is 5.71. The van der Waals surface area contributed by atoms with E-state index in [2.05, 4.69) is 33.9 Å². The van der Waals surface area contributed by atoms with Crippen molar-refractivity contribution in [2.24, 2.45) is 0 Å². The van der Waals surface area contributed by atoms with Gasteiger partial charge in [0, 0.05) is 25.2 Å². The lowest BCUT2D eigenvalue weighted by Gasteiger charge is -2.28. The predicted octanol–water partition coefficient (Wildman–Crippen LogP) is 0.598. The van der Waals surface area contributed by atoms with Crippen LogP contribution in [0, 0.1) is 0 Å². The Morgan fingerprint density at radius 2 is 2.28 bits per heavy atom. The van der Waals surface area contributed by atoms with Crippen LogP contribution in [0.2, 0.25) is 0 Å². The molecule has 0 saturated carbocycles. The fourth-order valence-electron chi connectivity index (χ4n) is 2.43. The number of anilines is 2. The van der Waals surface area contributed by atoms with Crippen LogP contribution in [0.4, 0.5) is 11.8 Å². The fraction of sp³-hybridized carbons (Fsp3) is 0.667. The topological polar surface area (TPSA) is 67.5 Å². The molecule has 0 aliphatic carbocycles. The summed E-state index contributed by atoms with van der Waals surface area (Å²) in [5.74, 6) is 1.65. The summed E-state index contributed by atoms with van der Waals surface area (Å²) in [7, 11) is 5.77. The third-order valence-corrected chi connectivity index (χ3v) is 3.16. The molecular weight excluding hydrogens is 230 g/mol. The Labute approximate surface area is 108 Å². The first-order chi connectivity index (χ1) is 8.60. The molecule has 0 aromatic carbocycles. The van der Waals surface area contributed by atoms with Crippen LogP contribution in [0.3, 0.4) is 0 Å². The lowest BCUT2D eigenvalue weighted by molar-refractivity contribution is 0.370. The van der Waals surface area contributed by atoms with Gasteiger partial charge in [-0.15, -0.1) is 0 Å². The molecule has 6 heteroatoms. The van der Waals surface area contributed by atoms with E-state index in [1.165, 1.54) is 12.8 Å². The summed E-state index contributed by atoms with van der Waals surface area (Å²) in [5.41, 5.74) is 5.71. The predicted molar refractivity (Wildman–Crippen MR) is 71.9 cm³/mol. The van der Waals surface area contributed by atoms with Crippen molar-refractivity contribution in [3.8, 4) is 5.88 Å². The average Bonchev–Trinajstić information content (AvgIpc) is 2.75. The Bertz CT molecular complexity index is 409. The average molecular weight is 251 g/mol. The maximum atomic E-state index is 5.71. The third kappa shape index (κ3) is 2.81. The van der Waals surface area contributed by atoms with Gasteiger partial charge >= 0.3 is 0 Å². The molecule has 6 nitrogen and oxygen atoms in total. The zero-order chi connectivity index (χ0) is 13.1. The Kier molecular flexibility index (Phi) is 3.86. The van der Waals surface area contributed by atoms with Crippen molar-refractivity contribution in [3.63, 3.8) is 0 Å². The molecule has 1 aliphatic heterocycles. The van der Waals surface area contributed by atoms with Crippen LogP contribution in [0.15, 0.2) is 6.07 Å². The van der Waals surface area contributed by atoms with E-state index in [9.17, 15) is 0 Å². The Hall–Kier alpha value is -1.56. The number of aromatic nitrogens is 2. The van der Waals surface area contributed by atoms with E-state index in [1.807, 2.05) is 6.07 Å². The minimum atomic E-state index is 0.264. The number of rotatable bonds is 4. The molecule has 1 aromatic heterocycles. The van der Waals surface area contributed by atoms with Crippen molar-refractivity contribution >= 4 is 11.8 Å². The maximum Gasteiger partial charge on any atom is 0.225 e. The fourth-order valence-corrected chi connectivity index (χ4v) is 2.43. The summed E-state index contributed by atoms with van der Waals surface area (Å²) in [6.07, 6.45) is 2.37. The highest BCUT2D eigenvalue weighted by molar-refractivity contribution is 5.47. The molecule has 1 saturated heterocycles. The van der Waals surface area contributed by atoms with Crippen LogP contribution in [0.1, 0.15) is 12.8 Å². The number of methoxy groups -OCH3 is 1. The Balaban J connectivity index is 2.21. The summed E-state index contributed by atoms with van der Waals surface area (Å²) >= 11 is 0. The van der Waals surface area contributed by atoms with Gasteiger partial charge in [0.2, 0.25) is 11.8 Å². The molecule has 1 aromatic rings. The monoisotopic (exact) mass is 251 g/mol. The first-order valence-corrected chi connectivity index (χ1v) is 6.20. The first kappa shape index (κ1) is 12.9. The number of hydrogen-bond acceptors (Lipinski definition) is 6. The summed E-state index contributed by atoms with van der Waals surface area (Å²) in [6.45, 7) is 2.03. The number of nitrogen functional groups attached to an aromatic ring is 1. The van der Waals surface area contributed by atoms with Gasteiger partial charge in [-0.3, -0.25) is 0 Å². The second kappa shape index (κ2) is 5.39. The van der Waals surface area contributed by atoms with Crippen molar-refractivity contribution in [3.05, 3.63) is 6.07 Å². The highest BCUT2D eigenvalue weighted by atomic mass is 16.5. The van der Waals surface area contributed by atoms with E-state index in [-0.39, 0.29) is 5.95 Å². The summed E-state index contributed by atoms with van der Waals surface area (Å²) in [5, 5.41) is 0. The SMILES string of the molecule is COc1cc(N2CCCC2CN(C)C)nc(N)n1. The molecule has 0 bridgehead atoms. The molecule has 1 unspecified atom stereocenters. The lowest BCUT2D eigenvalue weighted by Crippen LogP contribution is -2.38. The van der Waals surface area contributed by atoms with E-state index < -0.39 is 0 Å². The van der Waals surface area contributed by atoms with Crippen LogP contribution < -0.4 is 15.4 Å². The Morgan fingerprint density at radius 3 is 2.94 bits per heavy atom. The molecule has 1 fully saturated rings. The van der Waals surface area contributed by atoms with Gasteiger partial charge in [0.05, 0.1) is 7.11 Å². The molecule has 0 radical (unpaired) electrons. The quantitative estimate of drug-likeness (QED) is 0.845. The van der Waals surface area contributed by atoms with Gasteiger partial charge in [0.25, 0.3) is 0 Å². The van der Waals surface area contributed by atoms with Crippen molar-refractivity contribution in [2.45, 2.75) is 18.9 Å². The van der Waals surface area contributed by atoms with E-state index in [1.54, 1.807) is 7.11 Å². The van der Waals surface area contributed by atoms with Gasteiger partial charge in [-0.05, 0) is 26.9 Å². The second-order valence-corrected chi connectivity index (χ2v) is 4.88. The molecular formula is C12H21N5O. The van der Waals surface area contributed by atoms with Crippen molar-refractivity contribution < 1.29 is 4.74 Å². The van der Waals surface area contributed by atoms with Gasteiger partial charge in [0.1, 0.15) is 5.82 Å². The van der Waals surface area contributed by atoms with Gasteiger partial charge in [-0.25, -0.2) is 0 Å². The number of hydrogen-bond donors (Lipinski definition) is 1. The van der Waals surface area contributed by atoms with Crippen LogP contribution in [-0.2, 0) is 0 Å². The minimum absolute atomic E-state index is 0.264. The lowest BCUT2D eigenvalue weighted by atomic mass is 10.2. The van der Waals surface area contributed by atoms with Crippen LogP contribution in [0.25, 0.3) is 0 Å². The van der Waals surface area contributed by atoms with E-state index >= 15 is 0 Å². The standard InChI is InChI=1S/C12H21N5O/c1-16(2)8-9-5-4-6-17(9)10-7-11(18-3)15-12(13)14-10/h7,9H,4-6,8H2,1-3H3,(H2,13,14,15). The van der Waals surface area contributed by atoms with E-state index in [4.69, 9.17) is 10.5 Å². The summed E-state index contributed by atoms with van der Waals surface area (Å²) in [6, 6.07) is 2.34. The third-order valence-electron chi connectivity index (χ3n) is 3.16. The van der Waals surface area contributed by atoms with Crippen molar-refractivity contribution in [1.82, 2.24) is 14.9 Å². The Morgan fingerprint density at radius 1 is 1.50 bits per heavy atom. The van der Waals surface area contributed by atoms with Gasteiger partial charge in [0.15, 0.2) is 0 Å². The zero-order valence-electron chi connectivity index (χ0n) is 11.3. The molecule has 2 rings (SSSR count). The summed E-state index contributed by atoms with van der Waals surface area (Å²) in [4.78, 5) is 12.8. The number of ether oxygens (including phenoxy) is 1. The minimum Gasteiger partial charge on any atom is -0.481 e. The molecule has 2 heterocycles. The molecule has 100 valence electrons.